The molecule has 0 bridgehead atoms. The van der Waals surface area contributed by atoms with Crippen LogP contribution in [0.15, 0.2) is 400 Å². The maximum Gasteiger partial charge on any atom is 0.0475 e. The van der Waals surface area contributed by atoms with Crippen LogP contribution in [-0.4, -0.2) is 0 Å². The van der Waals surface area contributed by atoms with Crippen molar-refractivity contribution in [2.45, 2.75) is 0 Å². The van der Waals surface area contributed by atoms with E-state index in [9.17, 15) is 0 Å². The number of para-hydroxylation sites is 1. The van der Waals surface area contributed by atoms with E-state index in [2.05, 4.69) is 410 Å². The zero-order valence-electron chi connectivity index (χ0n) is 54.8. The molecular formula is C96H66N2S2. The molecule has 0 amide bonds. The summed E-state index contributed by atoms with van der Waals surface area (Å²) in [6.07, 6.45) is 0. The minimum Gasteiger partial charge on any atom is -0.310 e. The maximum absolute atomic E-state index is 2.40. The molecule has 0 atom stereocenters. The number of rotatable bonds is 14. The predicted molar refractivity (Wildman–Crippen MR) is 432 cm³/mol. The number of fused-ring (bicyclic) bond motifs is 6. The van der Waals surface area contributed by atoms with Gasteiger partial charge in [-0.05, 0) is 163 Å². The normalized spacial score (nSPS) is 11.2. The molecule has 0 radical (unpaired) electrons. The minimum absolute atomic E-state index is 1.11. The average molecular weight is 1310 g/mol. The SMILES string of the molecule is c1ccc(-c2ccc(-c3ccc(-c4ccc(N(c5ccccc5)c5cc(-c6ccccc6)c6sc7ccccc7c6c5)cc4)cc3)cc2)cc1.c1ccc(-c2ccc(-c3ccc(N(c4ccc(-c5ccccc5)cc4)c4cc(-c5ccccc5)c5sc6ccccc6c5c4)cc3)cc2)cc1. The fraction of sp³-hybridized carbons (Fsp3) is 0. The van der Waals surface area contributed by atoms with Crippen molar-refractivity contribution in [2.75, 3.05) is 9.80 Å². The summed E-state index contributed by atoms with van der Waals surface area (Å²) in [5.74, 6) is 0. The molecule has 18 rings (SSSR count). The number of anilines is 6. The van der Waals surface area contributed by atoms with Gasteiger partial charge in [0.05, 0.1) is 0 Å². The largest absolute Gasteiger partial charge is 0.310 e. The molecule has 2 heterocycles. The van der Waals surface area contributed by atoms with Crippen LogP contribution < -0.4 is 9.80 Å². The molecule has 0 aliphatic heterocycles. The summed E-state index contributed by atoms with van der Waals surface area (Å²) >= 11 is 3.75. The Morgan fingerprint density at radius 3 is 0.640 bits per heavy atom. The molecule has 0 spiro atoms. The second-order valence-electron chi connectivity index (χ2n) is 25.1. The third kappa shape index (κ3) is 12.5. The van der Waals surface area contributed by atoms with Crippen LogP contribution in [0.25, 0.3) is 129 Å². The van der Waals surface area contributed by atoms with E-state index in [-0.39, 0.29) is 0 Å². The highest BCUT2D eigenvalue weighted by atomic mass is 32.1. The van der Waals surface area contributed by atoms with Gasteiger partial charge >= 0.3 is 0 Å². The fourth-order valence-corrected chi connectivity index (χ4v) is 16.3. The second-order valence-corrected chi connectivity index (χ2v) is 27.3. The molecule has 2 aromatic heterocycles. The van der Waals surface area contributed by atoms with Gasteiger partial charge in [-0.1, -0.05) is 315 Å². The smallest absolute Gasteiger partial charge is 0.0475 e. The molecule has 0 N–H and O–H groups in total. The number of hydrogen-bond donors (Lipinski definition) is 0. The molecule has 4 heteroatoms. The molecule has 0 fully saturated rings. The van der Waals surface area contributed by atoms with Gasteiger partial charge in [-0.15, -0.1) is 22.7 Å². The highest BCUT2D eigenvalue weighted by Gasteiger charge is 2.22. The Morgan fingerprint density at radius 1 is 0.150 bits per heavy atom. The van der Waals surface area contributed by atoms with Crippen LogP contribution in [0.2, 0.25) is 0 Å². The Balaban J connectivity index is 0.000000150. The van der Waals surface area contributed by atoms with Crippen molar-refractivity contribution in [3.05, 3.63) is 400 Å². The van der Waals surface area contributed by atoms with Gasteiger partial charge < -0.3 is 9.80 Å². The zero-order valence-corrected chi connectivity index (χ0v) is 56.4. The van der Waals surface area contributed by atoms with E-state index in [0.717, 1.165) is 34.1 Å². The average Bonchev–Trinajstić information content (AvgIpc) is 1.55. The summed E-state index contributed by atoms with van der Waals surface area (Å²) in [5.41, 5.74) is 26.2. The number of thiophene rings is 2. The number of hydrogen-bond acceptors (Lipinski definition) is 4. The van der Waals surface area contributed by atoms with Crippen molar-refractivity contribution in [3.8, 4) is 89.0 Å². The molecule has 0 saturated heterocycles. The Labute approximate surface area is 592 Å². The van der Waals surface area contributed by atoms with Gasteiger partial charge in [0, 0.05) is 85.6 Å². The summed E-state index contributed by atoms with van der Waals surface area (Å²) in [6, 6.07) is 144. The van der Waals surface area contributed by atoms with Crippen LogP contribution in [0.5, 0.6) is 0 Å². The third-order valence-electron chi connectivity index (χ3n) is 19.0. The van der Waals surface area contributed by atoms with Gasteiger partial charge in [-0.25, -0.2) is 0 Å². The monoisotopic (exact) mass is 1310 g/mol. The molecule has 0 aliphatic carbocycles. The van der Waals surface area contributed by atoms with E-state index in [4.69, 9.17) is 0 Å². The number of benzene rings is 16. The van der Waals surface area contributed by atoms with E-state index in [0.29, 0.717) is 0 Å². The standard InChI is InChI=1S/2C48H33NS/c1-4-12-34(13-5-1)36-20-22-37(23-21-36)39-26-30-42(31-27-39)49(41-28-24-38(25-29-41)35-14-6-2-7-15-35)43-32-45(40-16-8-3-9-17-40)48-46(33-43)44-18-10-11-19-47(44)50-48;1-4-12-34(13-5-1)35-20-22-36(23-21-35)37-24-26-38(27-25-37)39-28-30-42(31-29-39)49(41-16-8-3-9-17-41)43-32-45(40-14-6-2-7-15-40)48-46(33-43)44-18-10-11-19-47(44)50-48/h2*1-33H. The molecule has 0 aliphatic rings. The van der Waals surface area contributed by atoms with Crippen LogP contribution in [0.1, 0.15) is 0 Å². The van der Waals surface area contributed by atoms with Crippen molar-refractivity contribution >= 4 is 97.1 Å². The Morgan fingerprint density at radius 2 is 0.360 bits per heavy atom. The Bertz CT molecular complexity index is 5800. The van der Waals surface area contributed by atoms with E-state index >= 15 is 0 Å². The lowest BCUT2D eigenvalue weighted by Crippen LogP contribution is -2.10. The molecule has 0 saturated carbocycles. The first-order valence-corrected chi connectivity index (χ1v) is 35.6. The van der Waals surface area contributed by atoms with Crippen molar-refractivity contribution in [1.29, 1.82) is 0 Å². The lowest BCUT2D eigenvalue weighted by Gasteiger charge is -2.27. The summed E-state index contributed by atoms with van der Waals surface area (Å²) < 4.78 is 5.25. The molecule has 18 aromatic rings. The zero-order chi connectivity index (χ0) is 66.6. The van der Waals surface area contributed by atoms with Gasteiger partial charge in [-0.3, -0.25) is 0 Å². The molecule has 16 aromatic carbocycles. The number of nitrogens with zero attached hydrogens (tertiary/aromatic N) is 2. The van der Waals surface area contributed by atoms with Crippen molar-refractivity contribution < 1.29 is 0 Å². The predicted octanol–water partition coefficient (Wildman–Crippen LogP) is 28.4. The Hall–Kier alpha value is -12.4. The molecule has 100 heavy (non-hydrogen) atoms. The van der Waals surface area contributed by atoms with E-state index in [1.165, 1.54) is 129 Å². The molecule has 0 unspecified atom stereocenters. The first-order chi connectivity index (χ1) is 49.6. The molecule has 2 nitrogen and oxygen atoms in total. The lowest BCUT2D eigenvalue weighted by atomic mass is 9.98. The van der Waals surface area contributed by atoms with Crippen LogP contribution >= 0.6 is 22.7 Å². The van der Waals surface area contributed by atoms with Crippen molar-refractivity contribution in [1.82, 2.24) is 0 Å². The fourth-order valence-electron chi connectivity index (χ4n) is 13.9. The van der Waals surface area contributed by atoms with Crippen LogP contribution in [0.3, 0.4) is 0 Å². The summed E-state index contributed by atoms with van der Waals surface area (Å²) in [5, 5.41) is 5.16. The summed E-state index contributed by atoms with van der Waals surface area (Å²) in [7, 11) is 0. The highest BCUT2D eigenvalue weighted by Crippen LogP contribution is 2.48. The molecular weight excluding hydrogens is 1250 g/mol. The van der Waals surface area contributed by atoms with Crippen LogP contribution in [0, 0.1) is 0 Å². The van der Waals surface area contributed by atoms with Crippen LogP contribution in [0.4, 0.5) is 34.1 Å². The molecule has 472 valence electrons. The summed E-state index contributed by atoms with van der Waals surface area (Å²) in [4.78, 5) is 4.78. The second kappa shape index (κ2) is 27.6. The van der Waals surface area contributed by atoms with Gasteiger partial charge in [0.25, 0.3) is 0 Å². The highest BCUT2D eigenvalue weighted by molar-refractivity contribution is 7.26. The van der Waals surface area contributed by atoms with Gasteiger partial charge in [0.15, 0.2) is 0 Å². The van der Waals surface area contributed by atoms with Gasteiger partial charge in [-0.2, -0.15) is 0 Å². The first kappa shape index (κ1) is 61.2. The van der Waals surface area contributed by atoms with Crippen molar-refractivity contribution in [2.24, 2.45) is 0 Å². The van der Waals surface area contributed by atoms with E-state index < -0.39 is 0 Å². The topological polar surface area (TPSA) is 6.48 Å². The third-order valence-corrected chi connectivity index (χ3v) is 21.4. The first-order valence-electron chi connectivity index (χ1n) is 34.0. The lowest BCUT2D eigenvalue weighted by molar-refractivity contribution is 1.29. The van der Waals surface area contributed by atoms with Gasteiger partial charge in [0.1, 0.15) is 0 Å². The Kier molecular flexibility index (Phi) is 16.9. The van der Waals surface area contributed by atoms with Gasteiger partial charge in [0.2, 0.25) is 0 Å². The van der Waals surface area contributed by atoms with E-state index in [1.54, 1.807) is 0 Å². The van der Waals surface area contributed by atoms with Crippen molar-refractivity contribution in [3.63, 3.8) is 0 Å². The quantitative estimate of drug-likeness (QED) is 0.107. The van der Waals surface area contributed by atoms with Crippen LogP contribution in [-0.2, 0) is 0 Å². The summed E-state index contributed by atoms with van der Waals surface area (Å²) in [6.45, 7) is 0. The minimum atomic E-state index is 1.11. The maximum atomic E-state index is 2.40. The van der Waals surface area contributed by atoms with E-state index in [1.807, 2.05) is 22.7 Å².